The first-order chi connectivity index (χ1) is 8.35. The van der Waals surface area contributed by atoms with Crippen LogP contribution in [0.25, 0.3) is 11.0 Å². The number of aromatic amines is 1. The summed E-state index contributed by atoms with van der Waals surface area (Å²) in [5.74, 6) is 2.86. The van der Waals surface area contributed by atoms with Crippen molar-refractivity contribution in [2.45, 2.75) is 19.3 Å². The molecule has 17 heavy (non-hydrogen) atoms. The Hall–Kier alpha value is -1.35. The number of aromatic nitrogens is 2. The van der Waals surface area contributed by atoms with E-state index >= 15 is 0 Å². The molecule has 0 amide bonds. The van der Waals surface area contributed by atoms with Crippen LogP contribution in [-0.4, -0.2) is 23.6 Å². The number of nitrogens with one attached hydrogen (secondary N) is 2. The van der Waals surface area contributed by atoms with E-state index in [9.17, 15) is 0 Å². The van der Waals surface area contributed by atoms with Crippen molar-refractivity contribution in [1.29, 1.82) is 0 Å². The van der Waals surface area contributed by atoms with Gasteiger partial charge in [-0.2, -0.15) is 0 Å². The van der Waals surface area contributed by atoms with Gasteiger partial charge in [0.25, 0.3) is 0 Å². The van der Waals surface area contributed by atoms with Crippen molar-refractivity contribution in [3.05, 3.63) is 30.1 Å². The maximum atomic E-state index is 4.63. The maximum absolute atomic E-state index is 4.63. The van der Waals surface area contributed by atoms with Crippen LogP contribution in [0, 0.1) is 11.8 Å². The Morgan fingerprint density at radius 2 is 2.12 bits per heavy atom. The third-order valence-electron chi connectivity index (χ3n) is 3.75. The topological polar surface area (TPSA) is 40.7 Å². The van der Waals surface area contributed by atoms with Gasteiger partial charge in [-0.3, -0.25) is 0 Å². The molecule has 3 nitrogen and oxygen atoms in total. The molecule has 1 saturated carbocycles. The molecule has 1 fully saturated rings. The molecule has 0 saturated heterocycles. The largest absolute Gasteiger partial charge is 0.342 e. The van der Waals surface area contributed by atoms with Gasteiger partial charge in [-0.05, 0) is 50.4 Å². The smallest absolute Gasteiger partial charge is 0.107 e. The van der Waals surface area contributed by atoms with Crippen molar-refractivity contribution in [3.8, 4) is 0 Å². The summed E-state index contributed by atoms with van der Waals surface area (Å²) in [5, 5.41) is 3.25. The van der Waals surface area contributed by atoms with Gasteiger partial charge >= 0.3 is 0 Å². The summed E-state index contributed by atoms with van der Waals surface area (Å²) < 4.78 is 0. The Morgan fingerprint density at radius 3 is 2.88 bits per heavy atom. The van der Waals surface area contributed by atoms with E-state index in [4.69, 9.17) is 0 Å². The number of rotatable bonds is 4. The van der Waals surface area contributed by atoms with Gasteiger partial charge in [0.1, 0.15) is 5.82 Å². The van der Waals surface area contributed by atoms with Crippen LogP contribution in [0.2, 0.25) is 0 Å². The molecule has 90 valence electrons. The van der Waals surface area contributed by atoms with Crippen molar-refractivity contribution in [1.82, 2.24) is 15.3 Å². The Labute approximate surface area is 102 Å². The van der Waals surface area contributed by atoms with Crippen LogP contribution in [0.3, 0.4) is 0 Å². The molecule has 2 N–H and O–H groups in total. The van der Waals surface area contributed by atoms with Crippen molar-refractivity contribution in [2.24, 2.45) is 11.8 Å². The first-order valence-electron chi connectivity index (χ1n) is 6.43. The summed E-state index contributed by atoms with van der Waals surface area (Å²) in [6.07, 6.45) is 3.80. The molecule has 1 aliphatic rings. The molecule has 0 spiro atoms. The molecule has 0 atom stereocenters. The molecular formula is C14H19N3. The molecule has 1 aliphatic carbocycles. The SMILES string of the molecule is CNCC1CC(Cc2nc3ccccc3[nH]2)C1. The zero-order valence-electron chi connectivity index (χ0n) is 10.2. The number of hydrogen-bond donors (Lipinski definition) is 2. The first-order valence-corrected chi connectivity index (χ1v) is 6.43. The normalized spacial score (nSPS) is 23.8. The summed E-state index contributed by atoms with van der Waals surface area (Å²) in [6.45, 7) is 1.16. The number of imidazole rings is 1. The van der Waals surface area contributed by atoms with E-state index in [2.05, 4.69) is 33.5 Å². The van der Waals surface area contributed by atoms with Crippen LogP contribution in [0.1, 0.15) is 18.7 Å². The maximum Gasteiger partial charge on any atom is 0.107 e. The summed E-state index contributed by atoms with van der Waals surface area (Å²) in [4.78, 5) is 8.05. The van der Waals surface area contributed by atoms with E-state index in [1.54, 1.807) is 0 Å². The first kappa shape index (κ1) is 10.8. The molecule has 1 heterocycles. The van der Waals surface area contributed by atoms with Gasteiger partial charge in [-0.15, -0.1) is 0 Å². The summed E-state index contributed by atoms with van der Waals surface area (Å²) in [7, 11) is 2.03. The fraction of sp³-hybridized carbons (Fsp3) is 0.500. The van der Waals surface area contributed by atoms with Gasteiger partial charge in [0.15, 0.2) is 0 Å². The average molecular weight is 229 g/mol. The monoisotopic (exact) mass is 229 g/mol. The van der Waals surface area contributed by atoms with Gasteiger partial charge in [0.2, 0.25) is 0 Å². The highest BCUT2D eigenvalue weighted by Crippen LogP contribution is 2.35. The summed E-state index contributed by atoms with van der Waals surface area (Å²) in [6, 6.07) is 8.26. The van der Waals surface area contributed by atoms with E-state index in [1.807, 2.05) is 13.1 Å². The molecule has 1 aromatic heterocycles. The highest BCUT2D eigenvalue weighted by molar-refractivity contribution is 5.74. The molecular weight excluding hydrogens is 210 g/mol. The van der Waals surface area contributed by atoms with Crippen LogP contribution in [0.15, 0.2) is 24.3 Å². The summed E-state index contributed by atoms with van der Waals surface area (Å²) >= 11 is 0. The van der Waals surface area contributed by atoms with Crippen LogP contribution in [0.5, 0.6) is 0 Å². The number of fused-ring (bicyclic) bond motifs is 1. The standard InChI is InChI=1S/C14H19N3/c1-15-9-11-6-10(7-11)8-14-16-12-4-2-3-5-13(12)17-14/h2-5,10-11,15H,6-9H2,1H3,(H,16,17). The molecule has 0 aliphatic heterocycles. The van der Waals surface area contributed by atoms with Crippen molar-refractivity contribution >= 4 is 11.0 Å². The van der Waals surface area contributed by atoms with E-state index < -0.39 is 0 Å². The fourth-order valence-corrected chi connectivity index (χ4v) is 2.87. The highest BCUT2D eigenvalue weighted by Gasteiger charge is 2.29. The zero-order chi connectivity index (χ0) is 11.7. The molecule has 2 aromatic rings. The number of para-hydroxylation sites is 2. The Balaban J connectivity index is 1.62. The number of hydrogen-bond acceptors (Lipinski definition) is 2. The third kappa shape index (κ3) is 2.20. The second-order valence-electron chi connectivity index (χ2n) is 5.17. The zero-order valence-corrected chi connectivity index (χ0v) is 10.2. The molecule has 0 unspecified atom stereocenters. The van der Waals surface area contributed by atoms with Gasteiger partial charge in [0.05, 0.1) is 11.0 Å². The van der Waals surface area contributed by atoms with Crippen LogP contribution in [-0.2, 0) is 6.42 Å². The Kier molecular flexibility index (Phi) is 2.85. The van der Waals surface area contributed by atoms with E-state index in [-0.39, 0.29) is 0 Å². The number of benzene rings is 1. The Morgan fingerprint density at radius 1 is 1.29 bits per heavy atom. The number of H-pyrrole nitrogens is 1. The average Bonchev–Trinajstić information content (AvgIpc) is 2.68. The fourth-order valence-electron chi connectivity index (χ4n) is 2.87. The lowest BCUT2D eigenvalue weighted by atomic mass is 9.73. The van der Waals surface area contributed by atoms with Gasteiger partial charge in [0, 0.05) is 6.42 Å². The quantitative estimate of drug-likeness (QED) is 0.845. The second kappa shape index (κ2) is 4.49. The minimum absolute atomic E-state index is 0.828. The van der Waals surface area contributed by atoms with E-state index in [0.717, 1.165) is 41.7 Å². The van der Waals surface area contributed by atoms with Crippen molar-refractivity contribution in [2.75, 3.05) is 13.6 Å². The van der Waals surface area contributed by atoms with E-state index in [0.29, 0.717) is 0 Å². The van der Waals surface area contributed by atoms with Gasteiger partial charge in [-0.1, -0.05) is 12.1 Å². The summed E-state index contributed by atoms with van der Waals surface area (Å²) in [5.41, 5.74) is 2.25. The Bertz CT molecular complexity index is 464. The molecule has 0 radical (unpaired) electrons. The molecule has 1 aromatic carbocycles. The minimum Gasteiger partial charge on any atom is -0.342 e. The van der Waals surface area contributed by atoms with Crippen molar-refractivity contribution in [3.63, 3.8) is 0 Å². The second-order valence-corrected chi connectivity index (χ2v) is 5.17. The van der Waals surface area contributed by atoms with Gasteiger partial charge < -0.3 is 10.3 Å². The van der Waals surface area contributed by atoms with Crippen LogP contribution >= 0.6 is 0 Å². The van der Waals surface area contributed by atoms with Crippen LogP contribution < -0.4 is 5.32 Å². The predicted octanol–water partition coefficient (Wildman–Crippen LogP) is 2.35. The molecule has 0 bridgehead atoms. The van der Waals surface area contributed by atoms with Crippen LogP contribution in [0.4, 0.5) is 0 Å². The molecule has 3 rings (SSSR count). The molecule has 3 heteroatoms. The highest BCUT2D eigenvalue weighted by atomic mass is 14.9. The lowest BCUT2D eigenvalue weighted by Gasteiger charge is -2.34. The lowest BCUT2D eigenvalue weighted by molar-refractivity contribution is 0.189. The lowest BCUT2D eigenvalue weighted by Crippen LogP contribution is -2.32. The number of nitrogens with zero attached hydrogens (tertiary/aromatic N) is 1. The minimum atomic E-state index is 0.828. The van der Waals surface area contributed by atoms with Crippen molar-refractivity contribution < 1.29 is 0 Å². The predicted molar refractivity (Wildman–Crippen MR) is 69.9 cm³/mol. The third-order valence-corrected chi connectivity index (χ3v) is 3.75. The van der Waals surface area contributed by atoms with E-state index in [1.165, 1.54) is 12.8 Å². The van der Waals surface area contributed by atoms with Gasteiger partial charge in [-0.25, -0.2) is 4.98 Å².